The first-order chi connectivity index (χ1) is 9.40. The Morgan fingerprint density at radius 1 is 1.30 bits per heavy atom. The zero-order chi connectivity index (χ0) is 15.2. The molecule has 1 aromatic carbocycles. The van der Waals surface area contributed by atoms with Gasteiger partial charge in [0.2, 0.25) is 0 Å². The van der Waals surface area contributed by atoms with Crippen LogP contribution in [0.4, 0.5) is 4.39 Å². The molecule has 0 bridgehead atoms. The van der Waals surface area contributed by atoms with Crippen LogP contribution >= 0.6 is 0 Å². The fourth-order valence-electron chi connectivity index (χ4n) is 2.27. The van der Waals surface area contributed by atoms with Crippen LogP contribution in [0.1, 0.15) is 39.7 Å². The van der Waals surface area contributed by atoms with E-state index < -0.39 is 0 Å². The van der Waals surface area contributed by atoms with Gasteiger partial charge in [-0.2, -0.15) is 0 Å². The molecule has 0 aliphatic heterocycles. The van der Waals surface area contributed by atoms with Gasteiger partial charge in [-0.25, -0.2) is 4.39 Å². The Kier molecular flexibility index (Phi) is 6.47. The van der Waals surface area contributed by atoms with E-state index in [9.17, 15) is 4.39 Å². The van der Waals surface area contributed by atoms with E-state index in [1.807, 2.05) is 12.1 Å². The van der Waals surface area contributed by atoms with Crippen LogP contribution in [-0.2, 0) is 6.42 Å². The summed E-state index contributed by atoms with van der Waals surface area (Å²) in [6.45, 7) is 10.7. The molecule has 0 aliphatic rings. The number of nitrogens with one attached hydrogen (secondary N) is 1. The summed E-state index contributed by atoms with van der Waals surface area (Å²) >= 11 is 0. The number of rotatable bonds is 7. The highest BCUT2D eigenvalue weighted by Gasteiger charge is 2.26. The molecule has 3 heteroatoms. The Balaban J connectivity index is 2.84. The monoisotopic (exact) mass is 281 g/mol. The predicted molar refractivity (Wildman–Crippen MR) is 82.8 cm³/mol. The van der Waals surface area contributed by atoms with Crippen LogP contribution in [0.3, 0.4) is 0 Å². The first-order valence-electron chi connectivity index (χ1n) is 7.42. The van der Waals surface area contributed by atoms with Crippen molar-refractivity contribution in [2.24, 2.45) is 11.3 Å². The van der Waals surface area contributed by atoms with E-state index in [-0.39, 0.29) is 11.2 Å². The fourth-order valence-corrected chi connectivity index (χ4v) is 2.27. The molecule has 0 aromatic heterocycles. The molecule has 20 heavy (non-hydrogen) atoms. The van der Waals surface area contributed by atoms with Gasteiger partial charge in [-0.15, -0.1) is 0 Å². The topological polar surface area (TPSA) is 21.3 Å². The van der Waals surface area contributed by atoms with Gasteiger partial charge < -0.3 is 10.1 Å². The lowest BCUT2D eigenvalue weighted by Gasteiger charge is -2.31. The van der Waals surface area contributed by atoms with Gasteiger partial charge in [-0.05, 0) is 48.9 Å². The van der Waals surface area contributed by atoms with Gasteiger partial charge in [-0.1, -0.05) is 39.8 Å². The van der Waals surface area contributed by atoms with E-state index in [1.165, 1.54) is 7.11 Å². The first-order valence-corrected chi connectivity index (χ1v) is 7.42. The second kappa shape index (κ2) is 7.63. The van der Waals surface area contributed by atoms with Crippen LogP contribution in [0.15, 0.2) is 18.2 Å². The van der Waals surface area contributed by atoms with Crippen molar-refractivity contribution in [2.45, 2.75) is 40.5 Å². The molecule has 0 radical (unpaired) electrons. The Morgan fingerprint density at radius 2 is 2.00 bits per heavy atom. The van der Waals surface area contributed by atoms with E-state index in [0.29, 0.717) is 11.7 Å². The highest BCUT2D eigenvalue weighted by molar-refractivity contribution is 5.31. The zero-order valence-corrected chi connectivity index (χ0v) is 13.4. The number of hydrogen-bond donors (Lipinski definition) is 1. The Bertz CT molecular complexity index is 412. The van der Waals surface area contributed by atoms with Crippen molar-refractivity contribution in [1.29, 1.82) is 0 Å². The van der Waals surface area contributed by atoms with Crippen molar-refractivity contribution in [1.82, 2.24) is 5.32 Å². The summed E-state index contributed by atoms with van der Waals surface area (Å²) < 4.78 is 19.3. The average Bonchev–Trinajstić information content (AvgIpc) is 2.38. The number of hydrogen-bond acceptors (Lipinski definition) is 2. The molecule has 0 fully saturated rings. The average molecular weight is 281 g/mol. The molecule has 114 valence electrons. The summed E-state index contributed by atoms with van der Waals surface area (Å²) in [6.07, 6.45) is 1.84. The largest absolute Gasteiger partial charge is 0.494 e. The highest BCUT2D eigenvalue weighted by atomic mass is 19.1. The van der Waals surface area contributed by atoms with E-state index in [4.69, 9.17) is 4.74 Å². The van der Waals surface area contributed by atoms with Crippen LogP contribution in [0, 0.1) is 17.2 Å². The smallest absolute Gasteiger partial charge is 0.168 e. The second-order valence-corrected chi connectivity index (χ2v) is 6.40. The SMILES string of the molecule is CCCNCC(Cc1cccc(OC)c1F)C(C)(C)C. The van der Waals surface area contributed by atoms with Crippen LogP contribution in [-0.4, -0.2) is 20.2 Å². The molecule has 1 atom stereocenters. The third-order valence-corrected chi connectivity index (χ3v) is 3.77. The minimum Gasteiger partial charge on any atom is -0.494 e. The third kappa shape index (κ3) is 4.78. The van der Waals surface area contributed by atoms with Crippen molar-refractivity contribution in [3.63, 3.8) is 0 Å². The van der Waals surface area contributed by atoms with Gasteiger partial charge in [0.05, 0.1) is 7.11 Å². The lowest BCUT2D eigenvalue weighted by Crippen LogP contribution is -2.34. The van der Waals surface area contributed by atoms with Crippen LogP contribution in [0.2, 0.25) is 0 Å². The van der Waals surface area contributed by atoms with Gasteiger partial charge in [0.1, 0.15) is 0 Å². The molecule has 0 saturated heterocycles. The molecule has 0 saturated carbocycles. The number of ether oxygens (including phenoxy) is 1. The lowest BCUT2D eigenvalue weighted by atomic mass is 9.77. The molecule has 0 heterocycles. The maximum Gasteiger partial charge on any atom is 0.168 e. The molecule has 1 aromatic rings. The van der Waals surface area contributed by atoms with Crippen molar-refractivity contribution < 1.29 is 9.13 Å². The minimum atomic E-state index is -0.222. The van der Waals surface area contributed by atoms with Gasteiger partial charge >= 0.3 is 0 Å². The van der Waals surface area contributed by atoms with E-state index >= 15 is 0 Å². The Labute approximate surface area is 122 Å². The lowest BCUT2D eigenvalue weighted by molar-refractivity contribution is 0.229. The number of halogens is 1. The summed E-state index contributed by atoms with van der Waals surface area (Å²) in [5.74, 6) is 0.493. The number of methoxy groups -OCH3 is 1. The molecule has 0 amide bonds. The molecule has 1 N–H and O–H groups in total. The Hall–Kier alpha value is -1.09. The van der Waals surface area contributed by atoms with Crippen LogP contribution in [0.25, 0.3) is 0 Å². The van der Waals surface area contributed by atoms with Gasteiger partial charge in [0, 0.05) is 0 Å². The maximum absolute atomic E-state index is 14.3. The summed E-state index contributed by atoms with van der Waals surface area (Å²) in [5, 5.41) is 3.46. The highest BCUT2D eigenvalue weighted by Crippen LogP contribution is 2.31. The molecular formula is C17H28FNO. The van der Waals surface area contributed by atoms with Crippen molar-refractivity contribution >= 4 is 0 Å². The quantitative estimate of drug-likeness (QED) is 0.762. The van der Waals surface area contributed by atoms with Crippen LogP contribution in [0.5, 0.6) is 5.75 Å². The van der Waals surface area contributed by atoms with Gasteiger partial charge in [0.25, 0.3) is 0 Å². The van der Waals surface area contributed by atoms with Crippen molar-refractivity contribution in [2.75, 3.05) is 20.2 Å². The van der Waals surface area contributed by atoms with E-state index in [1.54, 1.807) is 6.07 Å². The zero-order valence-electron chi connectivity index (χ0n) is 13.4. The van der Waals surface area contributed by atoms with Crippen molar-refractivity contribution in [3.8, 4) is 5.75 Å². The minimum absolute atomic E-state index is 0.135. The summed E-state index contributed by atoms with van der Waals surface area (Å²) in [6, 6.07) is 5.38. The fraction of sp³-hybridized carbons (Fsp3) is 0.647. The number of benzene rings is 1. The normalized spacial score (nSPS) is 13.3. The molecule has 0 aliphatic carbocycles. The maximum atomic E-state index is 14.3. The summed E-state index contributed by atoms with van der Waals surface area (Å²) in [7, 11) is 1.51. The van der Waals surface area contributed by atoms with Crippen molar-refractivity contribution in [3.05, 3.63) is 29.6 Å². The van der Waals surface area contributed by atoms with Crippen LogP contribution < -0.4 is 10.1 Å². The summed E-state index contributed by atoms with van der Waals surface area (Å²) in [4.78, 5) is 0. The molecule has 1 unspecified atom stereocenters. The molecule has 2 nitrogen and oxygen atoms in total. The summed E-state index contributed by atoms with van der Waals surface area (Å²) in [5.41, 5.74) is 0.874. The first kappa shape index (κ1) is 17.0. The third-order valence-electron chi connectivity index (χ3n) is 3.77. The molecule has 1 rings (SSSR count). The van der Waals surface area contributed by atoms with E-state index in [2.05, 4.69) is 33.0 Å². The molecular weight excluding hydrogens is 253 g/mol. The van der Waals surface area contributed by atoms with Gasteiger partial charge in [0.15, 0.2) is 11.6 Å². The second-order valence-electron chi connectivity index (χ2n) is 6.40. The van der Waals surface area contributed by atoms with Gasteiger partial charge in [-0.3, -0.25) is 0 Å². The standard InChI is InChI=1S/C17H28FNO/c1-6-10-19-12-14(17(2,3)4)11-13-8-7-9-15(20-5)16(13)18/h7-9,14,19H,6,10-12H2,1-5H3. The predicted octanol–water partition coefficient (Wildman–Crippen LogP) is 4.04. The Morgan fingerprint density at radius 3 is 2.55 bits per heavy atom. The van der Waals surface area contributed by atoms with E-state index in [0.717, 1.165) is 31.5 Å². The molecule has 0 spiro atoms.